The molecule has 1 fully saturated rings. The molecule has 2 aromatic heterocycles. The summed E-state index contributed by atoms with van der Waals surface area (Å²) in [5.74, 6) is 1.03. The number of carbonyl (C=O) groups excluding carboxylic acids is 1. The van der Waals surface area contributed by atoms with Crippen molar-refractivity contribution in [3.8, 4) is 0 Å². The van der Waals surface area contributed by atoms with Crippen LogP contribution < -0.4 is 5.32 Å². The van der Waals surface area contributed by atoms with Crippen molar-refractivity contribution in [3.63, 3.8) is 0 Å². The van der Waals surface area contributed by atoms with Crippen molar-refractivity contribution in [1.29, 1.82) is 0 Å². The molecule has 0 saturated heterocycles. The summed E-state index contributed by atoms with van der Waals surface area (Å²) in [6, 6.07) is -0.0124. The predicted octanol–water partition coefficient (Wildman–Crippen LogP) is 3.20. The SMILES string of the molecule is CCOC(=O)c1sc2nc(C)nc(NC3CCCCC3O)c2c1C. The van der Waals surface area contributed by atoms with Crippen molar-refractivity contribution in [3.05, 3.63) is 16.3 Å². The Morgan fingerprint density at radius 1 is 1.33 bits per heavy atom. The Kier molecular flexibility index (Phi) is 5.01. The molecule has 0 amide bonds. The molecule has 2 atom stereocenters. The second-order valence-electron chi connectivity index (χ2n) is 6.18. The van der Waals surface area contributed by atoms with E-state index in [1.165, 1.54) is 11.3 Å². The van der Waals surface area contributed by atoms with Gasteiger partial charge in [0.1, 0.15) is 21.3 Å². The van der Waals surface area contributed by atoms with Gasteiger partial charge in [0, 0.05) is 0 Å². The normalized spacial score (nSPS) is 21.0. The number of aliphatic hydroxyl groups is 1. The number of aromatic nitrogens is 2. The molecular formula is C17H23N3O3S. The number of rotatable bonds is 4. The van der Waals surface area contributed by atoms with Crippen LogP contribution in [0.25, 0.3) is 10.2 Å². The summed E-state index contributed by atoms with van der Waals surface area (Å²) < 4.78 is 5.14. The molecule has 0 bridgehead atoms. The number of carbonyl (C=O) groups is 1. The number of esters is 1. The summed E-state index contributed by atoms with van der Waals surface area (Å²) in [4.78, 5) is 22.5. The third-order valence-electron chi connectivity index (χ3n) is 4.41. The number of ether oxygens (including phenoxy) is 1. The van der Waals surface area contributed by atoms with Gasteiger partial charge in [0.25, 0.3) is 0 Å². The first-order chi connectivity index (χ1) is 11.5. The van der Waals surface area contributed by atoms with E-state index in [0.717, 1.165) is 41.5 Å². The smallest absolute Gasteiger partial charge is 0.348 e. The van der Waals surface area contributed by atoms with Gasteiger partial charge in [-0.2, -0.15) is 0 Å². The van der Waals surface area contributed by atoms with Crippen molar-refractivity contribution in [2.75, 3.05) is 11.9 Å². The van der Waals surface area contributed by atoms with Crippen molar-refractivity contribution >= 4 is 33.3 Å². The van der Waals surface area contributed by atoms with Gasteiger partial charge < -0.3 is 15.2 Å². The number of nitrogens with zero attached hydrogens (tertiary/aromatic N) is 2. The number of hydrogen-bond donors (Lipinski definition) is 2. The first-order valence-electron chi connectivity index (χ1n) is 8.40. The molecular weight excluding hydrogens is 326 g/mol. The zero-order valence-electron chi connectivity index (χ0n) is 14.3. The van der Waals surface area contributed by atoms with E-state index in [0.29, 0.717) is 23.1 Å². The van der Waals surface area contributed by atoms with Gasteiger partial charge >= 0.3 is 5.97 Å². The van der Waals surface area contributed by atoms with Gasteiger partial charge in [0.05, 0.1) is 24.1 Å². The van der Waals surface area contributed by atoms with E-state index in [4.69, 9.17) is 4.74 Å². The van der Waals surface area contributed by atoms with Crippen molar-refractivity contribution in [2.45, 2.75) is 58.6 Å². The van der Waals surface area contributed by atoms with E-state index in [2.05, 4.69) is 15.3 Å². The van der Waals surface area contributed by atoms with Gasteiger partial charge in [-0.05, 0) is 39.2 Å². The lowest BCUT2D eigenvalue weighted by Gasteiger charge is -2.29. The monoisotopic (exact) mass is 349 g/mol. The molecule has 0 aliphatic heterocycles. The van der Waals surface area contributed by atoms with Crippen LogP contribution in [0.5, 0.6) is 0 Å². The van der Waals surface area contributed by atoms with Crippen LogP contribution in [0.4, 0.5) is 5.82 Å². The number of hydrogen-bond acceptors (Lipinski definition) is 7. The average Bonchev–Trinajstić information content (AvgIpc) is 2.86. The van der Waals surface area contributed by atoms with Crippen LogP contribution >= 0.6 is 11.3 Å². The van der Waals surface area contributed by atoms with Crippen LogP contribution in [0.1, 0.15) is 53.7 Å². The molecule has 2 unspecified atom stereocenters. The van der Waals surface area contributed by atoms with Crippen LogP contribution in [0, 0.1) is 13.8 Å². The Balaban J connectivity index is 2.02. The minimum atomic E-state index is -0.368. The van der Waals surface area contributed by atoms with E-state index in [1.807, 2.05) is 13.8 Å². The Morgan fingerprint density at radius 3 is 2.79 bits per heavy atom. The van der Waals surface area contributed by atoms with Gasteiger partial charge in [-0.3, -0.25) is 0 Å². The molecule has 0 radical (unpaired) electrons. The second kappa shape index (κ2) is 7.03. The summed E-state index contributed by atoms with van der Waals surface area (Å²) in [5.41, 5.74) is 0.834. The highest BCUT2D eigenvalue weighted by Crippen LogP contribution is 2.35. The van der Waals surface area contributed by atoms with E-state index in [-0.39, 0.29) is 18.1 Å². The summed E-state index contributed by atoms with van der Waals surface area (Å²) in [5, 5.41) is 14.5. The lowest BCUT2D eigenvalue weighted by Crippen LogP contribution is -2.36. The van der Waals surface area contributed by atoms with Crippen molar-refractivity contribution < 1.29 is 14.6 Å². The molecule has 1 aliphatic rings. The number of nitrogens with one attached hydrogen (secondary N) is 1. The first-order valence-corrected chi connectivity index (χ1v) is 9.22. The van der Waals surface area contributed by atoms with Gasteiger partial charge in [0.15, 0.2) is 0 Å². The summed E-state index contributed by atoms with van der Waals surface area (Å²) in [7, 11) is 0. The average molecular weight is 349 g/mol. The highest BCUT2D eigenvalue weighted by molar-refractivity contribution is 7.20. The van der Waals surface area contributed by atoms with E-state index >= 15 is 0 Å². The number of aliphatic hydroxyl groups excluding tert-OH is 1. The van der Waals surface area contributed by atoms with Crippen LogP contribution in [0.2, 0.25) is 0 Å². The Bertz CT molecular complexity index is 759. The first kappa shape index (κ1) is 17.1. The predicted molar refractivity (Wildman–Crippen MR) is 94.7 cm³/mol. The molecule has 3 rings (SSSR count). The fourth-order valence-electron chi connectivity index (χ4n) is 3.20. The van der Waals surface area contributed by atoms with E-state index < -0.39 is 0 Å². The van der Waals surface area contributed by atoms with Crippen LogP contribution in [0.3, 0.4) is 0 Å². The van der Waals surface area contributed by atoms with Gasteiger partial charge in [-0.25, -0.2) is 14.8 Å². The highest BCUT2D eigenvalue weighted by atomic mass is 32.1. The van der Waals surface area contributed by atoms with E-state index in [1.54, 1.807) is 6.92 Å². The van der Waals surface area contributed by atoms with Crippen molar-refractivity contribution in [2.24, 2.45) is 0 Å². The molecule has 1 saturated carbocycles. The Labute approximate surface area is 145 Å². The molecule has 0 aromatic carbocycles. The molecule has 2 heterocycles. The second-order valence-corrected chi connectivity index (χ2v) is 7.18. The zero-order chi connectivity index (χ0) is 17.3. The summed E-state index contributed by atoms with van der Waals surface area (Å²) >= 11 is 1.33. The Morgan fingerprint density at radius 2 is 2.08 bits per heavy atom. The molecule has 7 heteroatoms. The van der Waals surface area contributed by atoms with Crippen molar-refractivity contribution in [1.82, 2.24) is 9.97 Å². The quantitative estimate of drug-likeness (QED) is 0.825. The molecule has 1 aliphatic carbocycles. The fraction of sp³-hybridized carbons (Fsp3) is 0.588. The lowest BCUT2D eigenvalue weighted by atomic mass is 9.92. The number of aryl methyl sites for hydroxylation is 2. The largest absolute Gasteiger partial charge is 0.462 e. The maximum atomic E-state index is 12.2. The van der Waals surface area contributed by atoms with Crippen LogP contribution in [-0.4, -0.2) is 39.8 Å². The maximum Gasteiger partial charge on any atom is 0.348 e. The molecule has 24 heavy (non-hydrogen) atoms. The third kappa shape index (κ3) is 3.23. The van der Waals surface area contributed by atoms with Crippen LogP contribution in [0.15, 0.2) is 0 Å². The third-order valence-corrected chi connectivity index (χ3v) is 5.58. The van der Waals surface area contributed by atoms with Crippen LogP contribution in [-0.2, 0) is 4.74 Å². The molecule has 6 nitrogen and oxygen atoms in total. The highest BCUT2D eigenvalue weighted by Gasteiger charge is 2.26. The van der Waals surface area contributed by atoms with E-state index in [9.17, 15) is 9.90 Å². The summed E-state index contributed by atoms with van der Waals surface area (Å²) in [6.07, 6.45) is 3.51. The Hall–Kier alpha value is -1.73. The van der Waals surface area contributed by atoms with Gasteiger partial charge in [-0.1, -0.05) is 12.8 Å². The maximum absolute atomic E-state index is 12.2. The lowest BCUT2D eigenvalue weighted by molar-refractivity contribution is 0.0531. The standard InChI is InChI=1S/C17H23N3O3S/c1-4-23-17(22)14-9(2)13-15(18-10(3)19-16(13)24-14)20-11-7-5-6-8-12(11)21/h11-12,21H,4-8H2,1-3H3,(H,18,19,20). The minimum absolute atomic E-state index is 0.0124. The molecule has 130 valence electrons. The number of fused-ring (bicyclic) bond motifs is 1. The molecule has 2 aromatic rings. The fourth-order valence-corrected chi connectivity index (χ4v) is 4.32. The topological polar surface area (TPSA) is 84.3 Å². The number of thiophene rings is 1. The molecule has 0 spiro atoms. The zero-order valence-corrected chi connectivity index (χ0v) is 15.1. The van der Waals surface area contributed by atoms with Gasteiger partial charge in [-0.15, -0.1) is 11.3 Å². The molecule has 2 N–H and O–H groups in total. The van der Waals surface area contributed by atoms with Gasteiger partial charge in [0.2, 0.25) is 0 Å². The number of anilines is 1. The minimum Gasteiger partial charge on any atom is -0.462 e. The summed E-state index contributed by atoms with van der Waals surface area (Å²) in [6.45, 7) is 5.87.